The van der Waals surface area contributed by atoms with Gasteiger partial charge in [0.05, 0.1) is 12.0 Å². The lowest BCUT2D eigenvalue weighted by molar-refractivity contribution is 0.101. The lowest BCUT2D eigenvalue weighted by Crippen LogP contribution is -2.36. The zero-order chi connectivity index (χ0) is 16.6. The fourth-order valence-corrected chi connectivity index (χ4v) is 3.83. The van der Waals surface area contributed by atoms with Crippen LogP contribution in [0.5, 0.6) is 5.75 Å². The minimum atomic E-state index is -3.72. The third-order valence-corrected chi connectivity index (χ3v) is 5.59. The van der Waals surface area contributed by atoms with Gasteiger partial charge in [-0.3, -0.25) is 9.10 Å². The zero-order valence-electron chi connectivity index (χ0n) is 12.7. The molecule has 0 aromatic heterocycles. The van der Waals surface area contributed by atoms with Gasteiger partial charge in [0.25, 0.3) is 10.0 Å². The molecule has 1 aliphatic heterocycles. The van der Waals surface area contributed by atoms with Crippen LogP contribution in [-0.4, -0.2) is 32.7 Å². The van der Waals surface area contributed by atoms with Gasteiger partial charge in [-0.2, -0.15) is 0 Å². The summed E-state index contributed by atoms with van der Waals surface area (Å²) in [6.07, 6.45) is 1.56. The number of carbonyl (C=O) groups excluding carboxylic acids is 1. The average Bonchev–Trinajstić information content (AvgIpc) is 2.58. The number of carbonyl (C=O) groups is 1. The summed E-state index contributed by atoms with van der Waals surface area (Å²) in [6.45, 7) is 0. The minimum Gasteiger partial charge on any atom is -0.497 e. The Hall–Kier alpha value is -2.60. The average molecular weight is 329 g/mol. The van der Waals surface area contributed by atoms with E-state index in [1.807, 2.05) is 0 Å². The Morgan fingerprint density at radius 1 is 1.04 bits per heavy atom. The van der Waals surface area contributed by atoms with Crippen LogP contribution >= 0.6 is 0 Å². The van der Waals surface area contributed by atoms with Gasteiger partial charge >= 0.3 is 0 Å². The Bertz CT molecular complexity index is 898. The standard InChI is InChI=1S/C17H15NO4S/c1-18-15(11-12-7-9-13(22-2)10-8-12)17(19)14-5-3-4-6-16(14)23(18,20)21/h3-11H,1-2H3/b15-11-. The van der Waals surface area contributed by atoms with Crippen LogP contribution in [0.4, 0.5) is 0 Å². The maximum absolute atomic E-state index is 12.6. The largest absolute Gasteiger partial charge is 0.497 e. The molecule has 0 bridgehead atoms. The van der Waals surface area contributed by atoms with Crippen LogP contribution in [0.1, 0.15) is 15.9 Å². The van der Waals surface area contributed by atoms with Gasteiger partial charge in [-0.05, 0) is 35.9 Å². The van der Waals surface area contributed by atoms with Gasteiger partial charge < -0.3 is 4.74 Å². The van der Waals surface area contributed by atoms with Crippen molar-refractivity contribution in [3.8, 4) is 5.75 Å². The molecule has 0 aliphatic carbocycles. The van der Waals surface area contributed by atoms with Crippen LogP contribution in [0.15, 0.2) is 59.1 Å². The molecule has 0 amide bonds. The maximum atomic E-state index is 12.6. The summed E-state index contributed by atoms with van der Waals surface area (Å²) in [6, 6.07) is 13.3. The fraction of sp³-hybridized carbons (Fsp3) is 0.118. The number of benzene rings is 2. The first kappa shape index (κ1) is 15.3. The Labute approximate surface area is 134 Å². The molecule has 1 heterocycles. The molecule has 0 atom stereocenters. The fourth-order valence-electron chi connectivity index (χ4n) is 2.45. The van der Waals surface area contributed by atoms with E-state index in [4.69, 9.17) is 4.74 Å². The number of Topliss-reactive ketones (excluding diaryl/α,β-unsaturated/α-hetero) is 1. The van der Waals surface area contributed by atoms with E-state index in [0.717, 1.165) is 9.87 Å². The van der Waals surface area contributed by atoms with Crippen molar-refractivity contribution in [2.45, 2.75) is 4.90 Å². The van der Waals surface area contributed by atoms with Crippen molar-refractivity contribution in [3.63, 3.8) is 0 Å². The molecule has 5 nitrogen and oxygen atoms in total. The summed E-state index contributed by atoms with van der Waals surface area (Å²) in [4.78, 5) is 12.7. The number of rotatable bonds is 2. The van der Waals surface area contributed by atoms with E-state index < -0.39 is 10.0 Å². The van der Waals surface area contributed by atoms with E-state index in [1.54, 1.807) is 49.6 Å². The molecule has 0 saturated carbocycles. The number of ether oxygens (including phenoxy) is 1. The van der Waals surface area contributed by atoms with Crippen molar-refractivity contribution >= 4 is 21.9 Å². The first-order valence-electron chi connectivity index (χ1n) is 6.93. The van der Waals surface area contributed by atoms with Crippen molar-refractivity contribution in [3.05, 3.63) is 65.4 Å². The van der Waals surface area contributed by atoms with Crippen LogP contribution in [0.3, 0.4) is 0 Å². The van der Waals surface area contributed by atoms with Gasteiger partial charge in [-0.1, -0.05) is 24.3 Å². The van der Waals surface area contributed by atoms with E-state index >= 15 is 0 Å². The second-order valence-corrected chi connectivity index (χ2v) is 7.04. The van der Waals surface area contributed by atoms with Gasteiger partial charge in [-0.15, -0.1) is 0 Å². The quantitative estimate of drug-likeness (QED) is 0.794. The Morgan fingerprint density at radius 3 is 2.35 bits per heavy atom. The normalized spacial score (nSPS) is 17.9. The maximum Gasteiger partial charge on any atom is 0.264 e. The summed E-state index contributed by atoms with van der Waals surface area (Å²) in [5, 5.41) is 0. The molecule has 0 radical (unpaired) electrons. The first-order valence-corrected chi connectivity index (χ1v) is 8.37. The van der Waals surface area contributed by atoms with E-state index in [2.05, 4.69) is 0 Å². The minimum absolute atomic E-state index is 0.0411. The SMILES string of the molecule is COc1ccc(/C=C2/C(=O)c3ccccc3S(=O)(=O)N2C)cc1. The molecule has 0 N–H and O–H groups in total. The van der Waals surface area contributed by atoms with Crippen molar-refractivity contribution < 1.29 is 17.9 Å². The van der Waals surface area contributed by atoms with Crippen LogP contribution in [0.2, 0.25) is 0 Å². The second-order valence-electron chi connectivity index (χ2n) is 5.10. The van der Waals surface area contributed by atoms with Crippen LogP contribution in [-0.2, 0) is 10.0 Å². The van der Waals surface area contributed by atoms with Gasteiger partial charge in [-0.25, -0.2) is 8.42 Å². The second kappa shape index (κ2) is 5.55. The smallest absolute Gasteiger partial charge is 0.264 e. The molecule has 0 saturated heterocycles. The molecule has 118 valence electrons. The highest BCUT2D eigenvalue weighted by Crippen LogP contribution is 2.31. The number of ketones is 1. The summed E-state index contributed by atoms with van der Waals surface area (Å²) >= 11 is 0. The number of sulfonamides is 1. The van der Waals surface area contributed by atoms with Crippen molar-refractivity contribution in [1.82, 2.24) is 4.31 Å². The Morgan fingerprint density at radius 2 is 1.70 bits per heavy atom. The number of likely N-dealkylation sites (N-methyl/N-ethyl adjacent to an activating group) is 1. The van der Waals surface area contributed by atoms with E-state index in [-0.39, 0.29) is 21.9 Å². The summed E-state index contributed by atoms with van der Waals surface area (Å²) < 4.78 is 31.2. The van der Waals surface area contributed by atoms with E-state index in [1.165, 1.54) is 19.2 Å². The van der Waals surface area contributed by atoms with Gasteiger partial charge in [0.1, 0.15) is 11.4 Å². The van der Waals surface area contributed by atoms with Crippen LogP contribution in [0, 0.1) is 0 Å². The molecular weight excluding hydrogens is 314 g/mol. The van der Waals surface area contributed by atoms with Crippen molar-refractivity contribution in [2.75, 3.05) is 14.2 Å². The molecular formula is C17H15NO4S. The number of hydrogen-bond acceptors (Lipinski definition) is 4. The lowest BCUT2D eigenvalue weighted by atomic mass is 10.1. The number of nitrogens with zero attached hydrogens (tertiary/aromatic N) is 1. The molecule has 3 rings (SSSR count). The molecule has 0 spiro atoms. The summed E-state index contributed by atoms with van der Waals surface area (Å²) in [5.41, 5.74) is 1.04. The zero-order valence-corrected chi connectivity index (χ0v) is 13.5. The molecule has 23 heavy (non-hydrogen) atoms. The highest BCUT2D eigenvalue weighted by atomic mass is 32.2. The molecule has 1 aliphatic rings. The first-order chi connectivity index (χ1) is 10.9. The van der Waals surface area contributed by atoms with Crippen molar-refractivity contribution in [2.24, 2.45) is 0 Å². The van der Waals surface area contributed by atoms with E-state index in [0.29, 0.717) is 5.75 Å². The number of hydrogen-bond donors (Lipinski definition) is 0. The number of allylic oxidation sites excluding steroid dienone is 1. The lowest BCUT2D eigenvalue weighted by Gasteiger charge is -2.27. The monoisotopic (exact) mass is 329 g/mol. The summed E-state index contributed by atoms with van der Waals surface area (Å²) in [7, 11) is -0.764. The molecule has 0 fully saturated rings. The van der Waals surface area contributed by atoms with Gasteiger partial charge in [0.15, 0.2) is 0 Å². The number of fused-ring (bicyclic) bond motifs is 1. The van der Waals surface area contributed by atoms with Crippen LogP contribution < -0.4 is 4.74 Å². The third kappa shape index (κ3) is 2.51. The van der Waals surface area contributed by atoms with Gasteiger partial charge in [0.2, 0.25) is 5.78 Å². The van der Waals surface area contributed by atoms with Crippen molar-refractivity contribution in [1.29, 1.82) is 0 Å². The molecule has 6 heteroatoms. The highest BCUT2D eigenvalue weighted by molar-refractivity contribution is 7.89. The predicted molar refractivity (Wildman–Crippen MR) is 86.7 cm³/mol. The van der Waals surface area contributed by atoms with E-state index in [9.17, 15) is 13.2 Å². The number of methoxy groups -OCH3 is 1. The Balaban J connectivity index is 2.13. The topological polar surface area (TPSA) is 63.7 Å². The summed E-state index contributed by atoms with van der Waals surface area (Å²) in [5.74, 6) is 0.377. The van der Waals surface area contributed by atoms with Crippen LogP contribution in [0.25, 0.3) is 6.08 Å². The third-order valence-electron chi connectivity index (χ3n) is 3.76. The highest BCUT2D eigenvalue weighted by Gasteiger charge is 2.36. The predicted octanol–water partition coefficient (Wildman–Crippen LogP) is 2.55. The molecule has 0 unspecified atom stereocenters. The molecule has 2 aromatic rings. The Kier molecular flexibility index (Phi) is 3.69. The van der Waals surface area contributed by atoms with Gasteiger partial charge in [0, 0.05) is 12.6 Å². The molecule has 2 aromatic carbocycles.